The normalized spacial score (nSPS) is 10.4. The Bertz CT molecular complexity index is 456. The first-order chi connectivity index (χ1) is 7.70. The minimum absolute atomic E-state index is 1.02. The first-order valence-electron chi connectivity index (χ1n) is 5.51. The third-order valence-corrected chi connectivity index (χ3v) is 2.82. The molecule has 0 amide bonds. The van der Waals surface area contributed by atoms with Gasteiger partial charge in [-0.3, -0.25) is 4.68 Å². The summed E-state index contributed by atoms with van der Waals surface area (Å²) >= 11 is 0. The standard InChI is InChI=1S/C13H17N3/c1-4-15(2)13-7-5-11(6-8-13)12-9-14-16(3)10-12/h5-10H,4H2,1-3H3. The zero-order chi connectivity index (χ0) is 11.5. The largest absolute Gasteiger partial charge is 0.375 e. The van der Waals surface area contributed by atoms with E-state index in [1.165, 1.54) is 11.3 Å². The van der Waals surface area contributed by atoms with Gasteiger partial charge in [0.05, 0.1) is 6.20 Å². The van der Waals surface area contributed by atoms with Gasteiger partial charge < -0.3 is 4.90 Å². The van der Waals surface area contributed by atoms with Gasteiger partial charge in [0.25, 0.3) is 0 Å². The molecule has 2 aromatic rings. The van der Waals surface area contributed by atoms with E-state index in [-0.39, 0.29) is 0 Å². The van der Waals surface area contributed by atoms with Crippen LogP contribution in [0.15, 0.2) is 36.7 Å². The van der Waals surface area contributed by atoms with Gasteiger partial charge in [0.15, 0.2) is 0 Å². The predicted octanol–water partition coefficient (Wildman–Crippen LogP) is 2.54. The van der Waals surface area contributed by atoms with Crippen LogP contribution in [0.3, 0.4) is 0 Å². The second kappa shape index (κ2) is 4.39. The number of aromatic nitrogens is 2. The van der Waals surface area contributed by atoms with Crippen molar-refractivity contribution < 1.29 is 0 Å². The van der Waals surface area contributed by atoms with E-state index in [1.807, 2.05) is 24.1 Å². The lowest BCUT2D eigenvalue weighted by atomic mass is 10.1. The van der Waals surface area contributed by atoms with Crippen LogP contribution < -0.4 is 4.90 Å². The number of benzene rings is 1. The maximum absolute atomic E-state index is 4.17. The van der Waals surface area contributed by atoms with Crippen LogP contribution in [0.25, 0.3) is 11.1 Å². The van der Waals surface area contributed by atoms with E-state index in [9.17, 15) is 0 Å². The maximum atomic E-state index is 4.17. The molecule has 3 nitrogen and oxygen atoms in total. The van der Waals surface area contributed by atoms with Gasteiger partial charge in [0.2, 0.25) is 0 Å². The van der Waals surface area contributed by atoms with E-state index in [1.54, 1.807) is 0 Å². The van der Waals surface area contributed by atoms with Crippen LogP contribution in [-0.4, -0.2) is 23.4 Å². The molecule has 0 saturated heterocycles. The maximum Gasteiger partial charge on any atom is 0.0568 e. The molecule has 0 aliphatic heterocycles. The Morgan fingerprint density at radius 1 is 1.19 bits per heavy atom. The SMILES string of the molecule is CCN(C)c1ccc(-c2cnn(C)c2)cc1. The molecule has 0 atom stereocenters. The molecular formula is C13H17N3. The molecule has 1 aromatic heterocycles. The van der Waals surface area contributed by atoms with Crippen LogP contribution >= 0.6 is 0 Å². The molecule has 0 spiro atoms. The highest BCUT2D eigenvalue weighted by Gasteiger charge is 2.01. The molecule has 1 aromatic carbocycles. The average molecular weight is 215 g/mol. The highest BCUT2D eigenvalue weighted by atomic mass is 15.2. The molecule has 0 saturated carbocycles. The van der Waals surface area contributed by atoms with Crippen molar-refractivity contribution in [3.8, 4) is 11.1 Å². The summed E-state index contributed by atoms with van der Waals surface area (Å²) in [4.78, 5) is 2.22. The van der Waals surface area contributed by atoms with Gasteiger partial charge in [-0.15, -0.1) is 0 Å². The quantitative estimate of drug-likeness (QED) is 0.784. The van der Waals surface area contributed by atoms with Crippen LogP contribution in [0.2, 0.25) is 0 Å². The van der Waals surface area contributed by atoms with Crippen LogP contribution in [0.4, 0.5) is 5.69 Å². The monoisotopic (exact) mass is 215 g/mol. The minimum Gasteiger partial charge on any atom is -0.375 e. The van der Waals surface area contributed by atoms with Gasteiger partial charge in [0, 0.05) is 38.1 Å². The smallest absolute Gasteiger partial charge is 0.0568 e. The summed E-state index contributed by atoms with van der Waals surface area (Å²) < 4.78 is 1.82. The molecule has 0 bridgehead atoms. The summed E-state index contributed by atoms with van der Waals surface area (Å²) in [7, 11) is 4.03. The fraction of sp³-hybridized carbons (Fsp3) is 0.308. The van der Waals surface area contributed by atoms with Crippen LogP contribution in [0, 0.1) is 0 Å². The number of rotatable bonds is 3. The lowest BCUT2D eigenvalue weighted by Crippen LogP contribution is -2.15. The van der Waals surface area contributed by atoms with Crippen LogP contribution in [0.1, 0.15) is 6.92 Å². The highest BCUT2D eigenvalue weighted by Crippen LogP contribution is 2.21. The summed E-state index contributed by atoms with van der Waals surface area (Å²) in [5, 5.41) is 4.17. The Balaban J connectivity index is 2.25. The first kappa shape index (κ1) is 10.7. The molecule has 16 heavy (non-hydrogen) atoms. The second-order valence-electron chi connectivity index (χ2n) is 3.96. The highest BCUT2D eigenvalue weighted by molar-refractivity contribution is 5.64. The van der Waals surface area contributed by atoms with Gasteiger partial charge in [-0.1, -0.05) is 12.1 Å². The molecule has 0 aliphatic rings. The Morgan fingerprint density at radius 2 is 1.88 bits per heavy atom. The van der Waals surface area contributed by atoms with E-state index in [4.69, 9.17) is 0 Å². The molecule has 3 heteroatoms. The zero-order valence-electron chi connectivity index (χ0n) is 10.0. The van der Waals surface area contributed by atoms with Gasteiger partial charge in [-0.05, 0) is 24.6 Å². The van der Waals surface area contributed by atoms with Crippen molar-refractivity contribution in [2.24, 2.45) is 7.05 Å². The molecule has 0 radical (unpaired) electrons. The second-order valence-corrected chi connectivity index (χ2v) is 3.96. The van der Waals surface area contributed by atoms with Gasteiger partial charge in [0.1, 0.15) is 0 Å². The van der Waals surface area contributed by atoms with Crippen molar-refractivity contribution in [1.82, 2.24) is 9.78 Å². The van der Waals surface area contributed by atoms with E-state index in [0.717, 1.165) is 12.1 Å². The molecule has 1 heterocycles. The van der Waals surface area contributed by atoms with Crippen LogP contribution in [-0.2, 0) is 7.05 Å². The summed E-state index contributed by atoms with van der Waals surface area (Å²) in [5.41, 5.74) is 3.62. The van der Waals surface area contributed by atoms with E-state index >= 15 is 0 Å². The van der Waals surface area contributed by atoms with Gasteiger partial charge in [-0.2, -0.15) is 5.10 Å². The van der Waals surface area contributed by atoms with Crippen molar-refractivity contribution in [2.45, 2.75) is 6.92 Å². The van der Waals surface area contributed by atoms with E-state index in [2.05, 4.69) is 48.2 Å². The number of hydrogen-bond acceptors (Lipinski definition) is 2. The minimum atomic E-state index is 1.02. The van der Waals surface area contributed by atoms with E-state index in [0.29, 0.717) is 0 Å². The molecule has 0 fully saturated rings. The summed E-state index contributed by atoms with van der Waals surface area (Å²) in [6.07, 6.45) is 3.91. The summed E-state index contributed by atoms with van der Waals surface area (Å²) in [6.45, 7) is 3.17. The third-order valence-electron chi connectivity index (χ3n) is 2.82. The molecule has 0 aliphatic carbocycles. The summed E-state index contributed by atoms with van der Waals surface area (Å²) in [6, 6.07) is 8.56. The average Bonchev–Trinajstić information content (AvgIpc) is 2.75. The van der Waals surface area contributed by atoms with E-state index < -0.39 is 0 Å². The van der Waals surface area contributed by atoms with Crippen molar-refractivity contribution in [3.05, 3.63) is 36.7 Å². The Kier molecular flexibility index (Phi) is 2.95. The first-order valence-corrected chi connectivity index (χ1v) is 5.51. The topological polar surface area (TPSA) is 21.1 Å². The lowest BCUT2D eigenvalue weighted by Gasteiger charge is -2.16. The number of hydrogen-bond donors (Lipinski definition) is 0. The molecule has 84 valence electrons. The molecule has 0 unspecified atom stereocenters. The molecule has 0 N–H and O–H groups in total. The Hall–Kier alpha value is -1.77. The zero-order valence-corrected chi connectivity index (χ0v) is 10.0. The lowest BCUT2D eigenvalue weighted by molar-refractivity contribution is 0.768. The van der Waals surface area contributed by atoms with Crippen molar-refractivity contribution in [1.29, 1.82) is 0 Å². The Labute approximate surface area is 96.3 Å². The van der Waals surface area contributed by atoms with Crippen molar-refractivity contribution in [2.75, 3.05) is 18.5 Å². The fourth-order valence-corrected chi connectivity index (χ4v) is 1.66. The van der Waals surface area contributed by atoms with Crippen molar-refractivity contribution >= 4 is 5.69 Å². The predicted molar refractivity (Wildman–Crippen MR) is 67.6 cm³/mol. The number of nitrogens with zero attached hydrogens (tertiary/aromatic N) is 3. The third kappa shape index (κ3) is 2.08. The molecule has 2 rings (SSSR count). The molecular weight excluding hydrogens is 198 g/mol. The number of aryl methyl sites for hydroxylation is 1. The Morgan fingerprint density at radius 3 is 2.38 bits per heavy atom. The fourth-order valence-electron chi connectivity index (χ4n) is 1.66. The summed E-state index contributed by atoms with van der Waals surface area (Å²) in [5.74, 6) is 0. The van der Waals surface area contributed by atoms with Crippen LogP contribution in [0.5, 0.6) is 0 Å². The number of anilines is 1. The van der Waals surface area contributed by atoms with Crippen molar-refractivity contribution in [3.63, 3.8) is 0 Å². The van der Waals surface area contributed by atoms with Gasteiger partial charge >= 0.3 is 0 Å². The van der Waals surface area contributed by atoms with Gasteiger partial charge in [-0.25, -0.2) is 0 Å².